The van der Waals surface area contributed by atoms with Crippen molar-refractivity contribution in [1.82, 2.24) is 43.2 Å². The summed E-state index contributed by atoms with van der Waals surface area (Å²) in [6.07, 6.45) is 0. The van der Waals surface area contributed by atoms with Gasteiger partial charge in [-0.05, 0) is 136 Å². The number of para-hydroxylation sites is 6. The number of fused-ring (bicyclic) bond motifs is 12. The molecule has 22 rings (SSSR count). The molecular weight excluding hydrogens is 1360 g/mol. The van der Waals surface area contributed by atoms with Gasteiger partial charge >= 0.3 is 0 Å². The van der Waals surface area contributed by atoms with Crippen LogP contribution in [0.4, 0.5) is 0 Å². The number of rotatable bonds is 12. The highest BCUT2D eigenvalue weighted by atomic mass is 15.2. The number of nitrogens with zero attached hydrogens (tertiary/aromatic N) is 9. The van der Waals surface area contributed by atoms with Gasteiger partial charge in [0.05, 0.1) is 55.5 Å². The summed E-state index contributed by atoms with van der Waals surface area (Å²) >= 11 is 0. The van der Waals surface area contributed by atoms with Crippen molar-refractivity contribution < 1.29 is 0 Å². The van der Waals surface area contributed by atoms with E-state index >= 15 is 0 Å². The largest absolute Gasteiger partial charge is 0.309 e. The van der Waals surface area contributed by atoms with Gasteiger partial charge in [0.1, 0.15) is 0 Å². The fourth-order valence-electron chi connectivity index (χ4n) is 16.6. The monoisotopic (exact) mass is 1430 g/mol. The van der Waals surface area contributed by atoms with Crippen LogP contribution >= 0.6 is 0 Å². The smallest absolute Gasteiger partial charge is 0.238 e. The highest BCUT2D eigenvalue weighted by Gasteiger charge is 2.23. The lowest BCUT2D eigenvalue weighted by molar-refractivity contribution is 0.953. The first kappa shape index (κ1) is 65.1. The van der Waals surface area contributed by atoms with Crippen LogP contribution in [0.2, 0.25) is 0 Å². The zero-order valence-corrected chi connectivity index (χ0v) is 60.7. The molecule has 0 aliphatic carbocycles. The molecule has 0 N–H and O–H groups in total. The quantitative estimate of drug-likeness (QED) is 0.122. The first-order valence-electron chi connectivity index (χ1n) is 37.9. The van der Waals surface area contributed by atoms with E-state index in [9.17, 15) is 0 Å². The minimum absolute atomic E-state index is 0.587. The van der Waals surface area contributed by atoms with Crippen LogP contribution in [0, 0.1) is 0 Å². The third-order valence-electron chi connectivity index (χ3n) is 21.8. The van der Waals surface area contributed by atoms with E-state index in [0.717, 1.165) is 105 Å². The molecule has 0 saturated carbocycles. The van der Waals surface area contributed by atoms with E-state index in [2.05, 4.69) is 352 Å². The Morgan fingerprint density at radius 2 is 0.455 bits per heavy atom. The lowest BCUT2D eigenvalue weighted by atomic mass is 9.96. The molecule has 6 aromatic heterocycles. The standard InChI is InChI=1S/C52H34N4.C51H33N5/c1-4-15-37(16-5-1)45-34-46(38-17-6-2-7-18-38)54-52(53-45)56-47-24-12-10-21-42(47)44-33-39(31-32-49(44)56)35-27-29-36(30-28-35)41-23-14-26-50-51(41)43-22-11-13-25-48(43)55(50)40-19-8-3-9-20-40;1-4-15-36(16-5-1)49-52-50(37-17-6-2-7-18-37)54-51(53-49)56-44-24-12-10-21-41(44)43-33-38(31-32-46(43)56)34-27-29-35(30-28-34)40-23-14-26-47-48(40)42-22-11-13-25-45(42)55(47)39-19-8-3-9-20-39/h1-34H;1-33H. The summed E-state index contributed by atoms with van der Waals surface area (Å²) in [4.78, 5) is 25.5. The summed E-state index contributed by atoms with van der Waals surface area (Å²) < 4.78 is 9.13. The van der Waals surface area contributed by atoms with Gasteiger partial charge in [0.15, 0.2) is 11.6 Å². The van der Waals surface area contributed by atoms with Crippen molar-refractivity contribution in [2.75, 3.05) is 0 Å². The van der Waals surface area contributed by atoms with Crippen LogP contribution < -0.4 is 0 Å². The van der Waals surface area contributed by atoms with Crippen molar-refractivity contribution >= 4 is 87.2 Å². The Labute approximate surface area is 645 Å². The molecule has 16 aromatic carbocycles. The van der Waals surface area contributed by atoms with Crippen molar-refractivity contribution in [1.29, 1.82) is 0 Å². The Hall–Kier alpha value is -15.2. The Morgan fingerprint density at radius 1 is 0.161 bits per heavy atom. The first-order chi connectivity index (χ1) is 55.6. The molecule has 0 amide bonds. The van der Waals surface area contributed by atoms with Gasteiger partial charge in [-0.2, -0.15) is 9.97 Å². The molecule has 0 aliphatic heterocycles. The molecule has 9 heteroatoms. The van der Waals surface area contributed by atoms with E-state index in [1.54, 1.807) is 0 Å². The summed E-state index contributed by atoms with van der Waals surface area (Å²) in [7, 11) is 0. The van der Waals surface area contributed by atoms with Crippen molar-refractivity contribution in [3.05, 3.63) is 406 Å². The third kappa shape index (κ3) is 11.4. The Morgan fingerprint density at radius 3 is 0.848 bits per heavy atom. The highest BCUT2D eigenvalue weighted by molar-refractivity contribution is 6.18. The summed E-state index contributed by atoms with van der Waals surface area (Å²) in [5.41, 5.74) is 26.6. The van der Waals surface area contributed by atoms with Crippen molar-refractivity contribution in [3.63, 3.8) is 0 Å². The van der Waals surface area contributed by atoms with E-state index in [1.165, 1.54) is 71.4 Å². The van der Waals surface area contributed by atoms with Crippen molar-refractivity contribution in [3.8, 4) is 113 Å². The summed E-state index contributed by atoms with van der Waals surface area (Å²) in [6.45, 7) is 0. The Balaban J connectivity index is 0.000000141. The molecule has 0 bridgehead atoms. The molecule has 0 atom stereocenters. The topological polar surface area (TPSA) is 84.2 Å². The second kappa shape index (κ2) is 27.5. The van der Waals surface area contributed by atoms with Gasteiger partial charge in [0.2, 0.25) is 11.9 Å². The molecule has 6 heterocycles. The molecular formula is C103H67N9. The number of benzene rings is 16. The molecule has 0 unspecified atom stereocenters. The van der Waals surface area contributed by atoms with Gasteiger partial charge in [0.25, 0.3) is 0 Å². The third-order valence-corrected chi connectivity index (χ3v) is 21.8. The molecule has 112 heavy (non-hydrogen) atoms. The Kier molecular flexibility index (Phi) is 16.0. The number of hydrogen-bond acceptors (Lipinski definition) is 5. The lowest BCUT2D eigenvalue weighted by Gasteiger charge is -2.12. The van der Waals surface area contributed by atoms with Gasteiger partial charge in [-0.15, -0.1) is 0 Å². The zero-order valence-electron chi connectivity index (χ0n) is 60.7. The molecule has 0 fully saturated rings. The van der Waals surface area contributed by atoms with E-state index in [-0.39, 0.29) is 0 Å². The minimum atomic E-state index is 0.587. The highest BCUT2D eigenvalue weighted by Crippen LogP contribution is 2.44. The fraction of sp³-hybridized carbons (Fsp3) is 0. The fourth-order valence-corrected chi connectivity index (χ4v) is 16.6. The maximum absolute atomic E-state index is 5.20. The van der Waals surface area contributed by atoms with Crippen LogP contribution in [-0.2, 0) is 0 Å². The summed E-state index contributed by atoms with van der Waals surface area (Å²) in [6, 6.07) is 144. The first-order valence-corrected chi connectivity index (χ1v) is 37.9. The van der Waals surface area contributed by atoms with Gasteiger partial charge in [-0.3, -0.25) is 9.13 Å². The SMILES string of the molecule is c1ccc(-c2cc(-c3ccccc3)nc(-n3c4ccccc4c4cc(-c5ccc(-c6cccc7c6c6ccccc6n7-c6ccccc6)cc5)ccc43)n2)cc1.c1ccc(-c2nc(-c3ccccc3)nc(-n3c4ccccc4c4cc(-c5ccc(-c6cccc7c6c6ccccc6n7-c6ccccc6)cc5)ccc43)n2)cc1. The molecule has 0 radical (unpaired) electrons. The van der Waals surface area contributed by atoms with Crippen molar-refractivity contribution in [2.45, 2.75) is 0 Å². The maximum Gasteiger partial charge on any atom is 0.238 e. The van der Waals surface area contributed by atoms with E-state index < -0.39 is 0 Å². The molecule has 524 valence electrons. The predicted molar refractivity (Wildman–Crippen MR) is 463 cm³/mol. The van der Waals surface area contributed by atoms with Crippen LogP contribution in [0.25, 0.3) is 200 Å². The minimum Gasteiger partial charge on any atom is -0.309 e. The molecule has 22 aromatic rings. The molecule has 0 saturated heterocycles. The van der Waals surface area contributed by atoms with Gasteiger partial charge in [-0.25, -0.2) is 15.0 Å². The summed E-state index contributed by atoms with van der Waals surface area (Å²) in [5.74, 6) is 2.51. The number of hydrogen-bond donors (Lipinski definition) is 0. The van der Waals surface area contributed by atoms with Gasteiger partial charge in [0, 0.05) is 76.7 Å². The number of aromatic nitrogens is 9. The lowest BCUT2D eigenvalue weighted by Crippen LogP contribution is -2.06. The van der Waals surface area contributed by atoms with Gasteiger partial charge in [-0.1, -0.05) is 315 Å². The van der Waals surface area contributed by atoms with E-state index in [1.807, 2.05) is 72.8 Å². The molecule has 0 spiro atoms. The van der Waals surface area contributed by atoms with Crippen LogP contribution in [0.5, 0.6) is 0 Å². The van der Waals surface area contributed by atoms with Gasteiger partial charge < -0.3 is 9.13 Å². The normalized spacial score (nSPS) is 11.6. The average molecular weight is 1430 g/mol. The van der Waals surface area contributed by atoms with Crippen molar-refractivity contribution in [2.24, 2.45) is 0 Å². The van der Waals surface area contributed by atoms with Crippen LogP contribution in [-0.4, -0.2) is 43.2 Å². The molecule has 0 aliphatic rings. The molecule has 9 nitrogen and oxygen atoms in total. The van der Waals surface area contributed by atoms with E-state index in [4.69, 9.17) is 24.9 Å². The second-order valence-electron chi connectivity index (χ2n) is 28.3. The maximum atomic E-state index is 5.20. The van der Waals surface area contributed by atoms with E-state index in [0.29, 0.717) is 23.5 Å². The van der Waals surface area contributed by atoms with Crippen LogP contribution in [0.3, 0.4) is 0 Å². The predicted octanol–water partition coefficient (Wildman–Crippen LogP) is 26.1. The summed E-state index contributed by atoms with van der Waals surface area (Å²) in [5, 5.41) is 9.64. The van der Waals surface area contributed by atoms with Crippen LogP contribution in [0.15, 0.2) is 406 Å². The van der Waals surface area contributed by atoms with Crippen LogP contribution in [0.1, 0.15) is 0 Å². The zero-order chi connectivity index (χ0) is 74.0. The second-order valence-corrected chi connectivity index (χ2v) is 28.3. The Bertz CT molecular complexity index is 6760. The average Bonchev–Trinajstić information content (AvgIpc) is 1.66.